The molecule has 0 saturated heterocycles. The van der Waals surface area contributed by atoms with Gasteiger partial charge in [0.05, 0.1) is 6.10 Å². The monoisotopic (exact) mass is 121 g/mol. The molecule has 0 aliphatic rings. The summed E-state index contributed by atoms with van der Waals surface area (Å²) in [6.45, 7) is 1.33. The molecular formula is C4H9NO3. The molecule has 2 atom stereocenters. The lowest BCUT2D eigenvalue weighted by molar-refractivity contribution is -0.140. The second-order valence-electron chi connectivity index (χ2n) is 1.60. The summed E-state index contributed by atoms with van der Waals surface area (Å²) in [5.41, 5.74) is 4.91. The molecule has 0 aromatic heterocycles. The summed E-state index contributed by atoms with van der Waals surface area (Å²) in [6, 6.07) is -1.16. The lowest BCUT2D eigenvalue weighted by Crippen LogP contribution is -2.39. The highest BCUT2D eigenvalue weighted by Gasteiger charge is 2.16. The molecule has 0 heterocycles. The van der Waals surface area contributed by atoms with Gasteiger partial charge in [0.2, 0.25) is 0 Å². The van der Waals surface area contributed by atoms with Crippen molar-refractivity contribution in [2.24, 2.45) is 5.73 Å². The van der Waals surface area contributed by atoms with Gasteiger partial charge in [-0.2, -0.15) is 0 Å². The lowest BCUT2D eigenvalue weighted by atomic mass is 10.6. The van der Waals surface area contributed by atoms with E-state index >= 15 is 0 Å². The van der Waals surface area contributed by atoms with E-state index in [1.807, 2.05) is 0 Å². The predicted octanol–water partition coefficient (Wildman–Crippen LogP) is -1.22. The fourth-order valence-electron chi connectivity index (χ4n) is 0.206. The van der Waals surface area contributed by atoms with E-state index in [-0.39, 0.29) is 0 Å². The third kappa shape index (κ3) is 1.90. The zero-order valence-corrected chi connectivity index (χ0v) is 4.53. The van der Waals surface area contributed by atoms with Gasteiger partial charge in [-0.3, -0.25) is 4.79 Å². The first-order valence-corrected chi connectivity index (χ1v) is 2.22. The molecule has 0 radical (unpaired) electrons. The molecule has 0 fully saturated rings. The van der Waals surface area contributed by atoms with E-state index in [1.54, 1.807) is 0 Å². The molecule has 4 heteroatoms. The number of aliphatic hydroxyl groups is 1. The summed E-state index contributed by atoms with van der Waals surface area (Å²) in [6.07, 6.45) is -0.979. The number of nitrogens with two attached hydrogens (primary N) is 1. The molecule has 0 rings (SSSR count). The number of hydrogen-bond donors (Lipinski definition) is 3. The molecule has 0 aliphatic heterocycles. The zero-order valence-electron chi connectivity index (χ0n) is 4.53. The van der Waals surface area contributed by atoms with Crippen LogP contribution < -0.4 is 5.73 Å². The van der Waals surface area contributed by atoms with Crippen LogP contribution in [0.15, 0.2) is 0 Å². The summed E-state index contributed by atoms with van der Waals surface area (Å²) in [4.78, 5) is 9.86. The molecule has 0 aliphatic carbocycles. The maximum absolute atomic E-state index is 9.86. The lowest BCUT2D eigenvalue weighted by Gasteiger charge is -2.06. The predicted molar refractivity (Wildman–Crippen MR) is 27.3 cm³/mol. The van der Waals surface area contributed by atoms with Crippen LogP contribution >= 0.6 is 0 Å². The minimum atomic E-state index is -1.18. The van der Waals surface area contributed by atoms with Gasteiger partial charge in [-0.25, -0.2) is 0 Å². The van der Waals surface area contributed by atoms with E-state index < -0.39 is 18.1 Å². The van der Waals surface area contributed by atoms with E-state index in [2.05, 4.69) is 0 Å². The number of aliphatic carboxylic acids is 1. The molecule has 0 unspecified atom stereocenters. The molecule has 0 saturated carbocycles. The second kappa shape index (κ2) is 2.64. The molecule has 4 N–H and O–H groups in total. The van der Waals surface area contributed by atoms with Gasteiger partial charge >= 0.3 is 5.97 Å². The quantitative estimate of drug-likeness (QED) is 0.400. The van der Waals surface area contributed by atoms with Crippen molar-refractivity contribution in [3.05, 3.63) is 0 Å². The standard InChI is InChI=1S/C4H9NO3/c1-2(6)3(5)4(7)8/h2-3,6H,5H2,1H3,(H,7,8)/t2-,3+/m1/s1/i3+1,4+1. The van der Waals surface area contributed by atoms with Crippen molar-refractivity contribution in [3.63, 3.8) is 0 Å². The van der Waals surface area contributed by atoms with E-state index in [1.165, 1.54) is 6.92 Å². The second-order valence-corrected chi connectivity index (χ2v) is 1.60. The highest BCUT2D eigenvalue weighted by Crippen LogP contribution is 1.85. The Balaban J connectivity index is 3.64. The van der Waals surface area contributed by atoms with Crippen molar-refractivity contribution in [2.75, 3.05) is 0 Å². The van der Waals surface area contributed by atoms with E-state index in [0.717, 1.165) is 0 Å². The van der Waals surface area contributed by atoms with Crippen LogP contribution in [0.3, 0.4) is 0 Å². The average molecular weight is 121 g/mol. The van der Waals surface area contributed by atoms with Crippen LogP contribution in [0.25, 0.3) is 0 Å². The average Bonchev–Trinajstić information content (AvgIpc) is 1.64. The van der Waals surface area contributed by atoms with Crippen LogP contribution in [-0.4, -0.2) is 28.3 Å². The van der Waals surface area contributed by atoms with Crippen LogP contribution in [-0.2, 0) is 4.79 Å². The Kier molecular flexibility index (Phi) is 2.44. The van der Waals surface area contributed by atoms with Gasteiger partial charge in [0.25, 0.3) is 0 Å². The first-order chi connectivity index (χ1) is 3.55. The van der Waals surface area contributed by atoms with Gasteiger partial charge in [0, 0.05) is 0 Å². The number of carboxylic acids is 1. The molecule has 0 spiro atoms. The van der Waals surface area contributed by atoms with E-state index in [4.69, 9.17) is 15.9 Å². The van der Waals surface area contributed by atoms with E-state index in [0.29, 0.717) is 0 Å². The van der Waals surface area contributed by atoms with Crippen LogP contribution in [0.2, 0.25) is 0 Å². The summed E-state index contributed by atoms with van der Waals surface area (Å²) in [5, 5.41) is 16.6. The SMILES string of the molecule is C[C@@H](O)[13C@H](N)[13C](=O)O. The summed E-state index contributed by atoms with van der Waals surface area (Å²) in [7, 11) is 0. The Labute approximate surface area is 46.9 Å². The molecular weight excluding hydrogens is 112 g/mol. The van der Waals surface area contributed by atoms with Crippen molar-refractivity contribution in [3.8, 4) is 0 Å². The number of carbonyl (C=O) groups is 1. The van der Waals surface area contributed by atoms with Crippen LogP contribution in [0.5, 0.6) is 0 Å². The first kappa shape index (κ1) is 7.39. The van der Waals surface area contributed by atoms with Gasteiger partial charge in [0.15, 0.2) is 0 Å². The van der Waals surface area contributed by atoms with Gasteiger partial charge in [-0.05, 0) is 6.92 Å². The number of carboxylic acid groups (broad SMARTS) is 1. The highest BCUT2D eigenvalue weighted by molar-refractivity contribution is 5.73. The van der Waals surface area contributed by atoms with Crippen molar-refractivity contribution < 1.29 is 15.0 Å². The molecule has 0 amide bonds. The molecule has 8 heavy (non-hydrogen) atoms. The third-order valence-corrected chi connectivity index (χ3v) is 0.805. The number of aliphatic hydroxyl groups excluding tert-OH is 1. The Bertz CT molecular complexity index is 91.3. The van der Waals surface area contributed by atoms with E-state index in [9.17, 15) is 4.79 Å². The van der Waals surface area contributed by atoms with Crippen molar-refractivity contribution in [1.29, 1.82) is 0 Å². The Morgan fingerprint density at radius 2 is 2.12 bits per heavy atom. The summed E-state index contributed by atoms with van der Waals surface area (Å²) >= 11 is 0. The van der Waals surface area contributed by atoms with Gasteiger partial charge in [0.1, 0.15) is 6.04 Å². The molecule has 4 nitrogen and oxygen atoms in total. The first-order valence-electron chi connectivity index (χ1n) is 2.22. The fraction of sp³-hybridized carbons (Fsp3) is 0.750. The molecule has 48 valence electrons. The largest absolute Gasteiger partial charge is 0.480 e. The van der Waals surface area contributed by atoms with Crippen molar-refractivity contribution in [1.82, 2.24) is 0 Å². The van der Waals surface area contributed by atoms with Gasteiger partial charge in [-0.1, -0.05) is 0 Å². The molecule has 0 bridgehead atoms. The summed E-state index contributed by atoms with van der Waals surface area (Å²) in [5.74, 6) is -1.18. The Morgan fingerprint density at radius 1 is 1.75 bits per heavy atom. The van der Waals surface area contributed by atoms with Crippen LogP contribution in [0.1, 0.15) is 6.92 Å². The maximum atomic E-state index is 9.86. The smallest absolute Gasteiger partial charge is 0.323 e. The fourth-order valence-corrected chi connectivity index (χ4v) is 0.206. The van der Waals surface area contributed by atoms with Gasteiger partial charge < -0.3 is 15.9 Å². The maximum Gasteiger partial charge on any atom is 0.323 e. The summed E-state index contributed by atoms with van der Waals surface area (Å²) < 4.78 is 0. The van der Waals surface area contributed by atoms with Crippen molar-refractivity contribution in [2.45, 2.75) is 19.1 Å². The Morgan fingerprint density at radius 3 is 2.12 bits per heavy atom. The minimum absolute atomic E-state index is 0.979. The molecule has 0 aromatic carbocycles. The minimum Gasteiger partial charge on any atom is -0.480 e. The highest BCUT2D eigenvalue weighted by atomic mass is 16.5. The Hall–Kier alpha value is -0.610. The number of hydrogen-bond acceptors (Lipinski definition) is 3. The van der Waals surface area contributed by atoms with Gasteiger partial charge in [-0.15, -0.1) is 0 Å². The third-order valence-electron chi connectivity index (χ3n) is 0.805. The van der Waals surface area contributed by atoms with Crippen molar-refractivity contribution >= 4 is 5.97 Å². The van der Waals surface area contributed by atoms with Crippen LogP contribution in [0, 0.1) is 0 Å². The topological polar surface area (TPSA) is 83.5 Å². The zero-order chi connectivity index (χ0) is 6.73. The molecule has 0 aromatic rings. The normalized spacial score (nSPS) is 17.4. The number of rotatable bonds is 2. The van der Waals surface area contributed by atoms with Crippen LogP contribution in [0.4, 0.5) is 0 Å².